The highest BCUT2D eigenvalue weighted by Crippen LogP contribution is 2.42. The Morgan fingerprint density at radius 1 is 0.640 bits per heavy atom. The van der Waals surface area contributed by atoms with Crippen molar-refractivity contribution in [2.75, 3.05) is 12.3 Å². The SMILES string of the molecule is CCCCCCCCP(CCCCCCCC)Cc1ccc(Br)cc1. The molecule has 2 heteroatoms. The predicted octanol–water partition coefficient (Wildman–Crippen LogP) is 9.15. The molecule has 144 valence electrons. The van der Waals surface area contributed by atoms with Gasteiger partial charge in [-0.15, -0.1) is 7.92 Å². The second-order valence-electron chi connectivity index (χ2n) is 7.44. The highest BCUT2D eigenvalue weighted by atomic mass is 79.9. The van der Waals surface area contributed by atoms with Gasteiger partial charge in [0.25, 0.3) is 0 Å². The molecule has 0 saturated carbocycles. The van der Waals surface area contributed by atoms with Crippen LogP contribution >= 0.6 is 23.9 Å². The summed E-state index contributed by atoms with van der Waals surface area (Å²) >= 11 is 3.56. The molecule has 0 aromatic heterocycles. The Balaban J connectivity index is 2.31. The number of halogens is 1. The maximum atomic E-state index is 3.56. The number of unbranched alkanes of at least 4 members (excludes halogenated alkanes) is 10. The first-order valence-electron chi connectivity index (χ1n) is 10.7. The average Bonchev–Trinajstić information content (AvgIpc) is 2.62. The lowest BCUT2D eigenvalue weighted by atomic mass is 10.1. The van der Waals surface area contributed by atoms with Gasteiger partial charge in [-0.1, -0.05) is 106 Å². The van der Waals surface area contributed by atoms with E-state index in [1.165, 1.54) is 100 Å². The van der Waals surface area contributed by atoms with Crippen LogP contribution in [0.4, 0.5) is 0 Å². The average molecular weight is 427 g/mol. The highest BCUT2D eigenvalue weighted by molar-refractivity contribution is 9.10. The Kier molecular flexibility index (Phi) is 15.1. The molecule has 0 N–H and O–H groups in total. The van der Waals surface area contributed by atoms with E-state index in [0.717, 1.165) is 0 Å². The maximum absolute atomic E-state index is 3.56. The molecule has 0 amide bonds. The maximum Gasteiger partial charge on any atom is 0.0175 e. The number of rotatable bonds is 16. The lowest BCUT2D eigenvalue weighted by Gasteiger charge is -2.18. The van der Waals surface area contributed by atoms with Crippen molar-refractivity contribution in [1.82, 2.24) is 0 Å². The van der Waals surface area contributed by atoms with E-state index in [2.05, 4.69) is 54.0 Å². The third-order valence-electron chi connectivity index (χ3n) is 4.98. The summed E-state index contributed by atoms with van der Waals surface area (Å²) in [6, 6.07) is 9.06. The topological polar surface area (TPSA) is 0 Å². The van der Waals surface area contributed by atoms with Crippen molar-refractivity contribution in [1.29, 1.82) is 0 Å². The van der Waals surface area contributed by atoms with Gasteiger partial charge in [-0.3, -0.25) is 0 Å². The van der Waals surface area contributed by atoms with Crippen LogP contribution in [0.3, 0.4) is 0 Å². The molecule has 0 aliphatic heterocycles. The zero-order valence-corrected chi connectivity index (χ0v) is 19.2. The van der Waals surface area contributed by atoms with Gasteiger partial charge in [-0.05, 0) is 49.0 Å². The minimum absolute atomic E-state index is 0.189. The van der Waals surface area contributed by atoms with Crippen LogP contribution in [0.2, 0.25) is 0 Å². The molecule has 0 fully saturated rings. The van der Waals surface area contributed by atoms with Crippen LogP contribution in [0.25, 0.3) is 0 Å². The molecule has 0 bridgehead atoms. The van der Waals surface area contributed by atoms with Crippen LogP contribution in [0.1, 0.15) is 96.5 Å². The van der Waals surface area contributed by atoms with Crippen LogP contribution in [-0.4, -0.2) is 12.3 Å². The van der Waals surface area contributed by atoms with Gasteiger partial charge in [0.1, 0.15) is 0 Å². The second-order valence-corrected chi connectivity index (χ2v) is 10.9. The van der Waals surface area contributed by atoms with Crippen molar-refractivity contribution in [3.63, 3.8) is 0 Å². The van der Waals surface area contributed by atoms with Crippen molar-refractivity contribution in [2.24, 2.45) is 0 Å². The van der Waals surface area contributed by atoms with E-state index in [9.17, 15) is 0 Å². The zero-order valence-electron chi connectivity index (χ0n) is 16.7. The van der Waals surface area contributed by atoms with Gasteiger partial charge < -0.3 is 0 Å². The van der Waals surface area contributed by atoms with Crippen LogP contribution in [0.15, 0.2) is 28.7 Å². The predicted molar refractivity (Wildman–Crippen MR) is 121 cm³/mol. The Morgan fingerprint density at radius 3 is 1.56 bits per heavy atom. The molecule has 0 aliphatic rings. The fourth-order valence-electron chi connectivity index (χ4n) is 3.35. The monoisotopic (exact) mass is 426 g/mol. The molecule has 0 radical (unpaired) electrons. The molecule has 0 saturated heterocycles. The lowest BCUT2D eigenvalue weighted by Crippen LogP contribution is -1.96. The summed E-state index contributed by atoms with van der Waals surface area (Å²) in [5, 5.41) is 0. The summed E-state index contributed by atoms with van der Waals surface area (Å²) in [7, 11) is 0.189. The first-order chi connectivity index (χ1) is 12.3. The summed E-state index contributed by atoms with van der Waals surface area (Å²) in [6.07, 6.45) is 21.5. The summed E-state index contributed by atoms with van der Waals surface area (Å²) in [5.74, 6) is 0. The van der Waals surface area contributed by atoms with E-state index in [1.807, 2.05) is 0 Å². The third-order valence-corrected chi connectivity index (χ3v) is 8.21. The fraction of sp³-hybridized carbons (Fsp3) is 0.739. The van der Waals surface area contributed by atoms with Gasteiger partial charge >= 0.3 is 0 Å². The molecular weight excluding hydrogens is 387 g/mol. The van der Waals surface area contributed by atoms with Gasteiger partial charge in [-0.2, -0.15) is 0 Å². The summed E-state index contributed by atoms with van der Waals surface area (Å²) in [5.41, 5.74) is 1.55. The van der Waals surface area contributed by atoms with E-state index >= 15 is 0 Å². The molecule has 25 heavy (non-hydrogen) atoms. The molecular formula is C23H40BrP. The zero-order chi connectivity index (χ0) is 18.2. The van der Waals surface area contributed by atoms with Crippen molar-refractivity contribution >= 4 is 23.9 Å². The van der Waals surface area contributed by atoms with E-state index in [0.29, 0.717) is 0 Å². The van der Waals surface area contributed by atoms with Gasteiger partial charge in [-0.25, -0.2) is 0 Å². The smallest absolute Gasteiger partial charge is 0.0175 e. The van der Waals surface area contributed by atoms with Crippen LogP contribution in [0, 0.1) is 0 Å². The van der Waals surface area contributed by atoms with Gasteiger partial charge in [0.05, 0.1) is 0 Å². The highest BCUT2D eigenvalue weighted by Gasteiger charge is 2.09. The van der Waals surface area contributed by atoms with Crippen LogP contribution < -0.4 is 0 Å². The quantitative estimate of drug-likeness (QED) is 0.182. The first-order valence-corrected chi connectivity index (χ1v) is 13.4. The van der Waals surface area contributed by atoms with Crippen molar-refractivity contribution < 1.29 is 0 Å². The van der Waals surface area contributed by atoms with Crippen molar-refractivity contribution in [3.05, 3.63) is 34.3 Å². The second kappa shape index (κ2) is 16.3. The summed E-state index contributed by atoms with van der Waals surface area (Å²) in [6.45, 7) is 4.61. The minimum Gasteiger partial charge on any atom is -0.102 e. The molecule has 0 aliphatic carbocycles. The number of benzene rings is 1. The number of hydrogen-bond acceptors (Lipinski definition) is 0. The standard InChI is InChI=1S/C23H40BrP/c1-3-5-7-9-11-13-19-25(20-14-12-10-8-6-4-2)21-22-15-17-23(24)18-16-22/h15-18H,3-14,19-21H2,1-2H3. The summed E-state index contributed by atoms with van der Waals surface area (Å²) in [4.78, 5) is 0. The van der Waals surface area contributed by atoms with Crippen molar-refractivity contribution in [3.8, 4) is 0 Å². The van der Waals surface area contributed by atoms with Gasteiger partial charge in [0.15, 0.2) is 0 Å². The molecule has 0 unspecified atom stereocenters. The molecule has 0 atom stereocenters. The molecule has 1 aromatic carbocycles. The molecule has 0 nitrogen and oxygen atoms in total. The van der Waals surface area contributed by atoms with Crippen molar-refractivity contribution in [2.45, 2.75) is 97.1 Å². The Bertz CT molecular complexity index is 385. The minimum atomic E-state index is 0.189. The van der Waals surface area contributed by atoms with Gasteiger partial charge in [0, 0.05) is 4.47 Å². The van der Waals surface area contributed by atoms with E-state index < -0.39 is 0 Å². The third kappa shape index (κ3) is 13.0. The lowest BCUT2D eigenvalue weighted by molar-refractivity contribution is 0.621. The Labute approximate surface area is 167 Å². The molecule has 1 rings (SSSR count). The first kappa shape index (κ1) is 23.2. The van der Waals surface area contributed by atoms with Crippen LogP contribution in [0.5, 0.6) is 0 Å². The molecule has 0 heterocycles. The van der Waals surface area contributed by atoms with E-state index in [1.54, 1.807) is 5.56 Å². The Hall–Kier alpha value is 0.130. The van der Waals surface area contributed by atoms with Crippen LogP contribution in [-0.2, 0) is 6.16 Å². The normalized spacial score (nSPS) is 11.4. The largest absolute Gasteiger partial charge is 0.102 e. The Morgan fingerprint density at radius 2 is 1.08 bits per heavy atom. The van der Waals surface area contributed by atoms with E-state index in [-0.39, 0.29) is 7.92 Å². The summed E-state index contributed by atoms with van der Waals surface area (Å²) < 4.78 is 1.20. The number of hydrogen-bond donors (Lipinski definition) is 0. The van der Waals surface area contributed by atoms with E-state index in [4.69, 9.17) is 0 Å². The fourth-order valence-corrected chi connectivity index (χ4v) is 6.22. The molecule has 0 spiro atoms. The molecule has 1 aromatic rings. The van der Waals surface area contributed by atoms with Gasteiger partial charge in [0.2, 0.25) is 0 Å².